The molecule has 2 heterocycles. The van der Waals surface area contributed by atoms with Gasteiger partial charge in [0.25, 0.3) is 0 Å². The van der Waals surface area contributed by atoms with Crippen LogP contribution in [0.2, 0.25) is 0 Å². The van der Waals surface area contributed by atoms with Gasteiger partial charge in [-0.05, 0) is 25.3 Å². The van der Waals surface area contributed by atoms with Crippen molar-refractivity contribution < 1.29 is 0 Å². The summed E-state index contributed by atoms with van der Waals surface area (Å²) in [5, 5.41) is 3.63. The summed E-state index contributed by atoms with van der Waals surface area (Å²) in [4.78, 5) is 6.67. The van der Waals surface area contributed by atoms with Crippen LogP contribution in [0.15, 0.2) is 18.7 Å². The van der Waals surface area contributed by atoms with E-state index in [4.69, 9.17) is 0 Å². The fourth-order valence-electron chi connectivity index (χ4n) is 2.72. The molecule has 1 saturated heterocycles. The van der Waals surface area contributed by atoms with Crippen LogP contribution in [0.3, 0.4) is 0 Å². The largest absolute Gasteiger partial charge is 0.337 e. The van der Waals surface area contributed by atoms with E-state index in [1.54, 1.807) is 0 Å². The number of hydrogen-bond donors (Lipinski definition) is 1. The van der Waals surface area contributed by atoms with Crippen molar-refractivity contribution in [2.75, 3.05) is 26.2 Å². The average Bonchev–Trinajstić information content (AvgIpc) is 2.82. The predicted molar refractivity (Wildman–Crippen MR) is 74.5 cm³/mol. The van der Waals surface area contributed by atoms with Gasteiger partial charge in [-0.3, -0.25) is 0 Å². The van der Waals surface area contributed by atoms with Gasteiger partial charge >= 0.3 is 0 Å². The van der Waals surface area contributed by atoms with Crippen LogP contribution in [0.25, 0.3) is 0 Å². The number of rotatable bonds is 6. The Morgan fingerprint density at radius 1 is 1.39 bits per heavy atom. The molecule has 0 bridgehead atoms. The highest BCUT2D eigenvalue weighted by atomic mass is 15.2. The lowest BCUT2D eigenvalue weighted by atomic mass is 10.0. The third-order valence-corrected chi connectivity index (χ3v) is 3.55. The van der Waals surface area contributed by atoms with Gasteiger partial charge in [0.05, 0.1) is 6.33 Å². The van der Waals surface area contributed by atoms with Gasteiger partial charge in [-0.15, -0.1) is 0 Å². The topological polar surface area (TPSA) is 33.1 Å². The minimum Gasteiger partial charge on any atom is -0.337 e. The van der Waals surface area contributed by atoms with E-state index < -0.39 is 0 Å². The Balaban J connectivity index is 1.66. The molecule has 0 spiro atoms. The summed E-state index contributed by atoms with van der Waals surface area (Å²) in [5.74, 6) is 0.786. The second-order valence-corrected chi connectivity index (χ2v) is 5.74. The molecule has 4 heteroatoms. The van der Waals surface area contributed by atoms with Crippen LogP contribution < -0.4 is 5.32 Å². The third kappa shape index (κ3) is 4.42. The molecule has 0 amide bonds. The fraction of sp³-hybridized carbons (Fsp3) is 0.786. The molecule has 1 atom stereocenters. The zero-order valence-electron chi connectivity index (χ0n) is 11.7. The molecule has 2 rings (SSSR count). The summed E-state index contributed by atoms with van der Waals surface area (Å²) < 4.78 is 2.16. The van der Waals surface area contributed by atoms with Crippen molar-refractivity contribution in [1.82, 2.24) is 19.8 Å². The maximum absolute atomic E-state index is 4.07. The molecule has 1 aromatic rings. The van der Waals surface area contributed by atoms with Gasteiger partial charge in [0.2, 0.25) is 0 Å². The van der Waals surface area contributed by atoms with Crippen LogP contribution in [-0.4, -0.2) is 46.7 Å². The number of nitrogens with zero attached hydrogens (tertiary/aromatic N) is 3. The molecular formula is C14H26N4. The predicted octanol–water partition coefficient (Wildman–Crippen LogP) is 1.59. The normalized spacial score (nSPS) is 21.6. The Hall–Kier alpha value is -0.870. The summed E-state index contributed by atoms with van der Waals surface area (Å²) in [6.07, 6.45) is 8.30. The Morgan fingerprint density at radius 3 is 3.00 bits per heavy atom. The summed E-state index contributed by atoms with van der Waals surface area (Å²) in [6.45, 7) is 10.4. The number of imidazole rings is 1. The van der Waals surface area contributed by atoms with Gasteiger partial charge in [-0.1, -0.05) is 13.8 Å². The van der Waals surface area contributed by atoms with Gasteiger partial charge in [0.1, 0.15) is 0 Å². The maximum atomic E-state index is 4.07. The number of nitrogens with one attached hydrogen (secondary N) is 1. The van der Waals surface area contributed by atoms with Crippen molar-refractivity contribution in [3.63, 3.8) is 0 Å². The summed E-state index contributed by atoms with van der Waals surface area (Å²) in [7, 11) is 0. The molecule has 102 valence electrons. The van der Waals surface area contributed by atoms with Crippen molar-refractivity contribution in [1.29, 1.82) is 0 Å². The molecule has 1 aliphatic rings. The van der Waals surface area contributed by atoms with Crippen LogP contribution in [0.4, 0.5) is 0 Å². The number of aromatic nitrogens is 2. The molecule has 1 aliphatic heterocycles. The molecule has 1 N–H and O–H groups in total. The van der Waals surface area contributed by atoms with E-state index in [9.17, 15) is 0 Å². The first-order valence-electron chi connectivity index (χ1n) is 7.15. The van der Waals surface area contributed by atoms with Crippen molar-refractivity contribution >= 4 is 0 Å². The average molecular weight is 250 g/mol. The lowest BCUT2D eigenvalue weighted by Gasteiger charge is -2.34. The zero-order chi connectivity index (χ0) is 12.8. The molecule has 18 heavy (non-hydrogen) atoms. The molecule has 4 nitrogen and oxygen atoms in total. The lowest BCUT2D eigenvalue weighted by Crippen LogP contribution is -2.51. The van der Waals surface area contributed by atoms with Crippen LogP contribution in [0.5, 0.6) is 0 Å². The van der Waals surface area contributed by atoms with Crippen molar-refractivity contribution in [3.8, 4) is 0 Å². The van der Waals surface area contributed by atoms with Crippen LogP contribution >= 0.6 is 0 Å². The number of hydrogen-bond acceptors (Lipinski definition) is 3. The van der Waals surface area contributed by atoms with Gasteiger partial charge in [-0.25, -0.2) is 4.98 Å². The molecule has 1 fully saturated rings. The highest BCUT2D eigenvalue weighted by Crippen LogP contribution is 2.09. The van der Waals surface area contributed by atoms with E-state index in [-0.39, 0.29) is 0 Å². The Morgan fingerprint density at radius 2 is 2.28 bits per heavy atom. The fourth-order valence-corrected chi connectivity index (χ4v) is 2.72. The highest BCUT2D eigenvalue weighted by molar-refractivity contribution is 4.80. The number of aryl methyl sites for hydroxylation is 1. The molecular weight excluding hydrogens is 224 g/mol. The van der Waals surface area contributed by atoms with E-state index in [1.807, 2.05) is 18.7 Å². The summed E-state index contributed by atoms with van der Waals surface area (Å²) in [6, 6.07) is 0.687. The molecule has 1 aromatic heterocycles. The SMILES string of the molecule is CC(C)CC1CN(CCCn2ccnc2)CCN1. The van der Waals surface area contributed by atoms with Crippen LogP contribution in [0.1, 0.15) is 26.7 Å². The van der Waals surface area contributed by atoms with Crippen LogP contribution in [0, 0.1) is 5.92 Å². The molecule has 0 saturated carbocycles. The van der Waals surface area contributed by atoms with Crippen LogP contribution in [-0.2, 0) is 6.54 Å². The first kappa shape index (κ1) is 13.6. The van der Waals surface area contributed by atoms with Gasteiger partial charge in [-0.2, -0.15) is 0 Å². The minimum absolute atomic E-state index is 0.687. The van der Waals surface area contributed by atoms with E-state index in [2.05, 4.69) is 33.6 Å². The summed E-state index contributed by atoms with van der Waals surface area (Å²) >= 11 is 0. The second-order valence-electron chi connectivity index (χ2n) is 5.74. The Bertz CT molecular complexity index is 321. The van der Waals surface area contributed by atoms with E-state index in [0.717, 1.165) is 19.0 Å². The quantitative estimate of drug-likeness (QED) is 0.832. The van der Waals surface area contributed by atoms with Crippen molar-refractivity contribution in [2.45, 2.75) is 39.3 Å². The molecule has 1 unspecified atom stereocenters. The first-order chi connectivity index (χ1) is 8.74. The van der Waals surface area contributed by atoms with Crippen molar-refractivity contribution in [2.24, 2.45) is 5.92 Å². The van der Waals surface area contributed by atoms with Gasteiger partial charge in [0.15, 0.2) is 0 Å². The Kier molecular flexibility index (Phi) is 5.20. The maximum Gasteiger partial charge on any atom is 0.0945 e. The number of piperazine rings is 1. The molecule has 0 radical (unpaired) electrons. The highest BCUT2D eigenvalue weighted by Gasteiger charge is 2.19. The summed E-state index contributed by atoms with van der Waals surface area (Å²) in [5.41, 5.74) is 0. The zero-order valence-corrected chi connectivity index (χ0v) is 11.7. The van der Waals surface area contributed by atoms with E-state index in [1.165, 1.54) is 32.5 Å². The smallest absolute Gasteiger partial charge is 0.0945 e. The minimum atomic E-state index is 0.687. The second kappa shape index (κ2) is 6.90. The van der Waals surface area contributed by atoms with Gasteiger partial charge in [0, 0.05) is 44.6 Å². The lowest BCUT2D eigenvalue weighted by molar-refractivity contribution is 0.182. The Labute approximate surface area is 110 Å². The van der Waals surface area contributed by atoms with E-state index in [0.29, 0.717) is 6.04 Å². The van der Waals surface area contributed by atoms with Gasteiger partial charge < -0.3 is 14.8 Å². The third-order valence-electron chi connectivity index (χ3n) is 3.55. The molecule has 0 aromatic carbocycles. The van der Waals surface area contributed by atoms with Crippen molar-refractivity contribution in [3.05, 3.63) is 18.7 Å². The standard InChI is InChI=1S/C14H26N4/c1-13(2)10-14-11-17(9-5-16-14)6-3-7-18-8-4-15-12-18/h4,8,12-14,16H,3,5-7,9-11H2,1-2H3. The van der Waals surface area contributed by atoms with E-state index >= 15 is 0 Å². The monoisotopic (exact) mass is 250 g/mol. The first-order valence-corrected chi connectivity index (χ1v) is 7.15. The molecule has 0 aliphatic carbocycles.